The fraction of sp³-hybridized carbons (Fsp3) is 0.649. The highest BCUT2D eigenvalue weighted by molar-refractivity contribution is 14.1. The number of ether oxygens (including phenoxy) is 3. The van der Waals surface area contributed by atoms with Crippen LogP contribution in [-0.4, -0.2) is 162 Å². The second kappa shape index (κ2) is 35.6. The van der Waals surface area contributed by atoms with Crippen LogP contribution >= 0.6 is 54.5 Å². The molecule has 7 aliphatic rings. The van der Waals surface area contributed by atoms with Crippen molar-refractivity contribution in [2.24, 2.45) is 0 Å². The molecule has 0 radical (unpaired) electrons. The van der Waals surface area contributed by atoms with Crippen molar-refractivity contribution >= 4 is 118 Å². The molecule has 33 heteroatoms. The van der Waals surface area contributed by atoms with Crippen LogP contribution in [0.5, 0.6) is 0 Å². The summed E-state index contributed by atoms with van der Waals surface area (Å²) in [6.07, 6.45) is -7.04. The molecule has 4 saturated heterocycles. The molecule has 3 aromatic rings. The molecule has 0 atom stereocenters. The lowest BCUT2D eigenvalue weighted by atomic mass is 9.49. The maximum Gasteiger partial charge on any atom is 0.495 e. The van der Waals surface area contributed by atoms with Gasteiger partial charge in [-0.2, -0.15) is 39.5 Å². The number of hydrogen-bond donors (Lipinski definition) is 0. The van der Waals surface area contributed by atoms with E-state index in [4.69, 9.17) is 51.4 Å². The number of nitrogens with zero attached hydrogens (tertiary/aromatic N) is 3. The molecule has 110 heavy (non-hydrogen) atoms. The van der Waals surface area contributed by atoms with Gasteiger partial charge in [0.2, 0.25) is 0 Å². The zero-order valence-corrected chi connectivity index (χ0v) is 72.0. The van der Waals surface area contributed by atoms with E-state index in [0.717, 1.165) is 59.4 Å². The molecule has 0 unspecified atom stereocenters. The zero-order valence-electron chi connectivity index (χ0n) is 66.7. The van der Waals surface area contributed by atoms with E-state index in [1.54, 1.807) is 58.6 Å². The first-order valence-electron chi connectivity index (χ1n) is 35.7. The first kappa shape index (κ1) is 98.1. The predicted octanol–water partition coefficient (Wildman–Crippen LogP) is 21.3. The molecule has 0 bridgehead atoms. The fourth-order valence-corrected chi connectivity index (χ4v) is 12.3. The first-order chi connectivity index (χ1) is 48.7. The number of alkyl halides is 9. The third-order valence-corrected chi connectivity index (χ3v) is 23.1. The van der Waals surface area contributed by atoms with Gasteiger partial charge >= 0.3 is 65.1 Å². The zero-order chi connectivity index (χ0) is 82.3. The summed E-state index contributed by atoms with van der Waals surface area (Å²) in [5, 5.41) is 0. The van der Waals surface area contributed by atoms with Crippen molar-refractivity contribution in [3.8, 4) is 0 Å². The molecule has 0 N–H and O–H groups in total. The Labute approximate surface area is 678 Å². The summed E-state index contributed by atoms with van der Waals surface area (Å²) in [6, 6.07) is 10.8. The molecular weight excluding hydrogens is 1690 g/mol. The molecule has 0 aromatic heterocycles. The lowest BCUT2D eigenvalue weighted by Gasteiger charge is -2.32. The average molecular weight is 1810 g/mol. The minimum absolute atomic E-state index is 0. The maximum atomic E-state index is 13.5. The summed E-state index contributed by atoms with van der Waals surface area (Å²) in [6.45, 7) is 50.8. The molecule has 4 fully saturated rings. The highest BCUT2D eigenvalue weighted by atomic mass is 127. The molecule has 10 rings (SSSR count). The Hall–Kier alpha value is -4.31. The average Bonchev–Trinajstić information content (AvgIpc) is 1.64. The van der Waals surface area contributed by atoms with Crippen LogP contribution < -0.4 is 5.46 Å². The highest BCUT2D eigenvalue weighted by Crippen LogP contribution is 2.45. The number of halogens is 12. The van der Waals surface area contributed by atoms with Gasteiger partial charge in [0.05, 0.1) is 61.5 Å². The van der Waals surface area contributed by atoms with Crippen molar-refractivity contribution in [1.82, 2.24) is 14.7 Å². The molecule has 3 amide bonds. The van der Waals surface area contributed by atoms with Crippen LogP contribution in [0.3, 0.4) is 0 Å². The molecule has 7 heterocycles. The molecule has 0 aliphatic carbocycles. The Morgan fingerprint density at radius 1 is 0.400 bits per heavy atom. The largest absolute Gasteiger partial charge is 0.495 e. The van der Waals surface area contributed by atoms with E-state index in [-0.39, 0.29) is 68.2 Å². The van der Waals surface area contributed by atoms with Gasteiger partial charge < -0.3 is 66.1 Å². The van der Waals surface area contributed by atoms with E-state index in [9.17, 15) is 53.9 Å². The Kier molecular flexibility index (Phi) is 31.8. The highest BCUT2D eigenvalue weighted by Gasteiger charge is 2.64. The van der Waals surface area contributed by atoms with Gasteiger partial charge in [0, 0.05) is 51.8 Å². The summed E-state index contributed by atoms with van der Waals surface area (Å²) < 4.78 is 181. The van der Waals surface area contributed by atoms with Gasteiger partial charge in [0.15, 0.2) is 0 Å². The lowest BCUT2D eigenvalue weighted by Crippen LogP contribution is -2.41. The third kappa shape index (κ3) is 25.8. The van der Waals surface area contributed by atoms with E-state index in [1.807, 2.05) is 160 Å². The van der Waals surface area contributed by atoms with Crippen molar-refractivity contribution in [3.63, 3.8) is 0 Å². The second-order valence-electron chi connectivity index (χ2n) is 34.3. The molecular formula is C77H113B4Br2F9IN3O14. The molecule has 0 spiro atoms. The fourth-order valence-electron chi connectivity index (χ4n) is 11.0. The van der Waals surface area contributed by atoms with Crippen LogP contribution in [0.15, 0.2) is 87.2 Å². The van der Waals surface area contributed by atoms with Gasteiger partial charge in [0.1, 0.15) is 16.8 Å². The molecule has 17 nitrogen and oxygen atoms in total. The molecule has 0 saturated carbocycles. The standard InChI is InChI=1S/C23H31BF3NO4.C17H19BrF3NO2.C16H28BNO4.C12H24B2O4.C7H3BrF3I.2CH4/c1-20(2,3)30-19(29)28-12-10-15(11-13-28)17-14-16(23(25,26)27)8-9-18(17)24-31-21(4,5)22(6,7)32-24;1-16(2,3)24-15(23)22-8-6-11(7-9-22)13-10-12(17(19,20)21)4-5-14(13)18;1-14(2,3)20-13(19)18-10-8-12(9-11-18)17-21-15(4,5)16(6,7)22-17;1-9(2)10(3,4)16-13(15-9)14-17-11(5,6)12(7,8)18-14;8-5-2-1-4(3-6(5)12)7(9,10)11;;/h8-10,14H,11-13H2,1-7H3;4-6,10H,7-9H2,1-3H3;8H,9-11H2,1-7H3;1-8H3;1-3H;2*1H4. The van der Waals surface area contributed by atoms with Crippen LogP contribution in [-0.2, 0) is 70.0 Å². The van der Waals surface area contributed by atoms with Crippen LogP contribution in [0.2, 0.25) is 0 Å². The first-order valence-corrected chi connectivity index (χ1v) is 38.4. The summed E-state index contributed by atoms with van der Waals surface area (Å²) in [5.41, 5.74) is -2.93. The van der Waals surface area contributed by atoms with Crippen molar-refractivity contribution in [3.05, 3.63) is 119 Å². The van der Waals surface area contributed by atoms with Crippen LogP contribution in [0.4, 0.5) is 53.9 Å². The van der Waals surface area contributed by atoms with Crippen LogP contribution in [0, 0.1) is 3.57 Å². The smallest absolute Gasteiger partial charge is 0.444 e. The monoisotopic (exact) mass is 1800 g/mol. The maximum absolute atomic E-state index is 13.5. The predicted molar refractivity (Wildman–Crippen MR) is 431 cm³/mol. The summed E-state index contributed by atoms with van der Waals surface area (Å²) in [4.78, 5) is 41.2. The van der Waals surface area contributed by atoms with Crippen molar-refractivity contribution in [1.29, 1.82) is 0 Å². The van der Waals surface area contributed by atoms with Crippen molar-refractivity contribution in [2.45, 2.75) is 287 Å². The molecule has 3 aromatic carbocycles. The van der Waals surface area contributed by atoms with Crippen molar-refractivity contribution in [2.75, 3.05) is 39.3 Å². The van der Waals surface area contributed by atoms with Gasteiger partial charge in [-0.1, -0.05) is 61.1 Å². The quantitative estimate of drug-likeness (QED) is 0.103. The van der Waals surface area contributed by atoms with E-state index in [2.05, 4.69) is 31.9 Å². The van der Waals surface area contributed by atoms with Crippen LogP contribution in [0.25, 0.3) is 11.1 Å². The van der Waals surface area contributed by atoms with Gasteiger partial charge in [-0.25, -0.2) is 14.4 Å². The Balaban J connectivity index is 0.000000298. The van der Waals surface area contributed by atoms with Gasteiger partial charge in [0.25, 0.3) is 0 Å². The van der Waals surface area contributed by atoms with Gasteiger partial charge in [-0.05, 0) is 307 Å². The van der Waals surface area contributed by atoms with Gasteiger partial charge in [-0.3, -0.25) is 0 Å². The Bertz CT molecular complexity index is 3710. The second-order valence-corrected chi connectivity index (χ2v) is 37.2. The normalized spacial score (nSPS) is 20.9. The topological polar surface area (TPSA) is 162 Å². The van der Waals surface area contributed by atoms with E-state index >= 15 is 0 Å². The number of amides is 3. The van der Waals surface area contributed by atoms with E-state index < -0.39 is 96.5 Å². The van der Waals surface area contributed by atoms with Crippen molar-refractivity contribution < 1.29 is 105 Å². The Morgan fingerprint density at radius 3 is 0.982 bits per heavy atom. The van der Waals surface area contributed by atoms with Gasteiger partial charge in [-0.15, -0.1) is 0 Å². The third-order valence-electron chi connectivity index (χ3n) is 20.1. The summed E-state index contributed by atoms with van der Waals surface area (Å²) >= 11 is 8.27. The lowest BCUT2D eigenvalue weighted by molar-refractivity contribution is -0.138. The summed E-state index contributed by atoms with van der Waals surface area (Å²) in [7, 11) is -2.06. The minimum atomic E-state index is -4.47. The Morgan fingerprint density at radius 2 is 0.682 bits per heavy atom. The number of hydrogen-bond acceptors (Lipinski definition) is 14. The number of rotatable bonds is 5. The number of benzene rings is 3. The SMILES string of the molecule is C.C.CC(C)(C)OC(=O)N1CC=C(B2OC(C)(C)C(C)(C)O2)CC1.CC(C)(C)OC(=O)N1CC=C(c2cc(C(F)(F)F)ccc2B2OC(C)(C)C(C)(C)O2)CC1.CC(C)(C)OC(=O)N1CC=C(c2cc(C(F)(F)F)ccc2Br)CC1.CC1(C)OB(B2OC(C)(C)C(C)(C)O2)OC1(C)C.FC(F)(F)c1ccc(Br)c(I)c1. The van der Waals surface area contributed by atoms with E-state index in [1.165, 1.54) is 28.0 Å². The summed E-state index contributed by atoms with van der Waals surface area (Å²) in [5.74, 6) is 0. The van der Waals surface area contributed by atoms with E-state index in [0.29, 0.717) is 74.7 Å². The molecule has 616 valence electrons. The van der Waals surface area contributed by atoms with Crippen LogP contribution in [0.1, 0.15) is 235 Å². The number of carbonyl (C=O) groups excluding carboxylic acids is 3. The minimum Gasteiger partial charge on any atom is -0.444 e. The molecule has 7 aliphatic heterocycles. The number of carbonyl (C=O) groups is 3.